The molecule has 2 rings (SSSR count). The summed E-state index contributed by atoms with van der Waals surface area (Å²) < 4.78 is 5.51. The zero-order valence-electron chi connectivity index (χ0n) is 10.4. The van der Waals surface area contributed by atoms with Crippen molar-refractivity contribution in [2.24, 2.45) is 0 Å². The second kappa shape index (κ2) is 5.08. The summed E-state index contributed by atoms with van der Waals surface area (Å²) in [4.78, 5) is 22.6. The van der Waals surface area contributed by atoms with Crippen LogP contribution in [0.2, 0.25) is 0 Å². The molecule has 1 aromatic rings. The van der Waals surface area contributed by atoms with Crippen molar-refractivity contribution in [3.8, 4) is 5.75 Å². The third-order valence-electron chi connectivity index (χ3n) is 2.74. The van der Waals surface area contributed by atoms with Crippen molar-refractivity contribution in [1.29, 1.82) is 0 Å². The monoisotopic (exact) mass is 248 g/mol. The first-order chi connectivity index (χ1) is 8.60. The topological polar surface area (TPSA) is 67.4 Å². The second-order valence-electron chi connectivity index (χ2n) is 4.25. The molecule has 0 bridgehead atoms. The van der Waals surface area contributed by atoms with Crippen LogP contribution in [-0.4, -0.2) is 24.5 Å². The number of nitrogens with one attached hydrogen (secondary N) is 2. The first kappa shape index (κ1) is 12.4. The van der Waals surface area contributed by atoms with Crippen LogP contribution in [0.3, 0.4) is 0 Å². The Balaban J connectivity index is 2.18. The Morgan fingerprint density at radius 2 is 2.22 bits per heavy atom. The van der Waals surface area contributed by atoms with Gasteiger partial charge >= 0.3 is 0 Å². The SMILES string of the molecule is CCOc1cc(C)ccc1NC1CC(=O)NC1=O. The first-order valence-electron chi connectivity index (χ1n) is 5.94. The molecule has 0 saturated carbocycles. The van der Waals surface area contributed by atoms with E-state index in [1.807, 2.05) is 32.0 Å². The van der Waals surface area contributed by atoms with Crippen molar-refractivity contribution in [3.05, 3.63) is 23.8 Å². The lowest BCUT2D eigenvalue weighted by Crippen LogP contribution is -2.30. The van der Waals surface area contributed by atoms with Crippen molar-refractivity contribution in [1.82, 2.24) is 5.32 Å². The average Bonchev–Trinajstić information content (AvgIpc) is 2.62. The molecule has 1 fully saturated rings. The van der Waals surface area contributed by atoms with Gasteiger partial charge in [0.15, 0.2) is 0 Å². The van der Waals surface area contributed by atoms with Crippen LogP contribution in [0.15, 0.2) is 18.2 Å². The van der Waals surface area contributed by atoms with Crippen LogP contribution in [-0.2, 0) is 9.59 Å². The minimum absolute atomic E-state index is 0.165. The summed E-state index contributed by atoms with van der Waals surface area (Å²) in [6.45, 7) is 4.42. The van der Waals surface area contributed by atoms with Gasteiger partial charge in [0.05, 0.1) is 18.7 Å². The number of hydrogen-bond acceptors (Lipinski definition) is 4. The molecule has 0 spiro atoms. The van der Waals surface area contributed by atoms with Crippen molar-refractivity contribution in [3.63, 3.8) is 0 Å². The summed E-state index contributed by atoms with van der Waals surface area (Å²) >= 11 is 0. The quantitative estimate of drug-likeness (QED) is 0.786. The van der Waals surface area contributed by atoms with E-state index in [1.165, 1.54) is 0 Å². The summed E-state index contributed by atoms with van der Waals surface area (Å²) in [5, 5.41) is 5.31. The smallest absolute Gasteiger partial charge is 0.249 e. The number of anilines is 1. The maximum atomic E-state index is 11.5. The predicted octanol–water partition coefficient (Wildman–Crippen LogP) is 1.22. The highest BCUT2D eigenvalue weighted by Crippen LogP contribution is 2.27. The lowest BCUT2D eigenvalue weighted by atomic mass is 10.1. The van der Waals surface area contributed by atoms with Gasteiger partial charge in [-0.05, 0) is 31.5 Å². The number of rotatable bonds is 4. The summed E-state index contributed by atoms with van der Waals surface area (Å²) in [6, 6.07) is 5.18. The highest BCUT2D eigenvalue weighted by atomic mass is 16.5. The van der Waals surface area contributed by atoms with Gasteiger partial charge in [-0.15, -0.1) is 0 Å². The van der Waals surface area contributed by atoms with Gasteiger partial charge < -0.3 is 10.1 Å². The van der Waals surface area contributed by atoms with E-state index >= 15 is 0 Å². The highest BCUT2D eigenvalue weighted by Gasteiger charge is 2.30. The zero-order chi connectivity index (χ0) is 13.1. The third kappa shape index (κ3) is 2.61. The Morgan fingerprint density at radius 3 is 2.83 bits per heavy atom. The van der Waals surface area contributed by atoms with Crippen LogP contribution in [0.5, 0.6) is 5.75 Å². The van der Waals surface area contributed by atoms with Crippen LogP contribution in [0.4, 0.5) is 5.69 Å². The minimum Gasteiger partial charge on any atom is -0.492 e. The maximum absolute atomic E-state index is 11.5. The molecule has 1 aliphatic heterocycles. The predicted molar refractivity (Wildman–Crippen MR) is 67.5 cm³/mol. The van der Waals surface area contributed by atoms with E-state index in [0.717, 1.165) is 11.3 Å². The molecule has 96 valence electrons. The summed E-state index contributed by atoms with van der Waals surface area (Å²) in [5.74, 6) is 0.162. The van der Waals surface area contributed by atoms with E-state index in [1.54, 1.807) is 0 Å². The van der Waals surface area contributed by atoms with Crippen LogP contribution in [0, 0.1) is 6.92 Å². The van der Waals surface area contributed by atoms with Gasteiger partial charge in [0.2, 0.25) is 11.8 Å². The second-order valence-corrected chi connectivity index (χ2v) is 4.25. The Bertz CT molecular complexity index is 485. The molecule has 18 heavy (non-hydrogen) atoms. The number of imide groups is 1. The Hall–Kier alpha value is -2.04. The number of carbonyl (C=O) groups is 2. The minimum atomic E-state index is -0.514. The standard InChI is InChI=1S/C13H16N2O3/c1-3-18-11-6-8(2)4-5-9(11)14-10-7-12(16)15-13(10)17/h4-6,10,14H,3,7H2,1-2H3,(H,15,16,17). The molecule has 1 heterocycles. The van der Waals surface area contributed by atoms with Gasteiger partial charge in [0, 0.05) is 0 Å². The molecule has 1 aromatic carbocycles. The first-order valence-corrected chi connectivity index (χ1v) is 5.94. The number of benzene rings is 1. The lowest BCUT2D eigenvalue weighted by molar-refractivity contribution is -0.124. The van der Waals surface area contributed by atoms with Gasteiger partial charge in [-0.25, -0.2) is 0 Å². The Kier molecular flexibility index (Phi) is 3.50. The molecular formula is C13H16N2O3. The van der Waals surface area contributed by atoms with Crippen molar-refractivity contribution >= 4 is 17.5 Å². The van der Waals surface area contributed by atoms with Gasteiger partial charge in [0.25, 0.3) is 0 Å². The fourth-order valence-corrected chi connectivity index (χ4v) is 1.88. The molecule has 5 heteroatoms. The van der Waals surface area contributed by atoms with Crippen LogP contribution in [0.25, 0.3) is 0 Å². The Morgan fingerprint density at radius 1 is 1.44 bits per heavy atom. The number of carbonyl (C=O) groups excluding carboxylic acids is 2. The largest absolute Gasteiger partial charge is 0.492 e. The van der Waals surface area contributed by atoms with Gasteiger partial charge in [-0.2, -0.15) is 0 Å². The van der Waals surface area contributed by atoms with E-state index in [2.05, 4.69) is 10.6 Å². The van der Waals surface area contributed by atoms with E-state index in [0.29, 0.717) is 12.4 Å². The third-order valence-corrected chi connectivity index (χ3v) is 2.74. The van der Waals surface area contributed by atoms with Crippen molar-refractivity contribution < 1.29 is 14.3 Å². The van der Waals surface area contributed by atoms with E-state index < -0.39 is 6.04 Å². The van der Waals surface area contributed by atoms with Crippen LogP contribution in [0.1, 0.15) is 18.9 Å². The average molecular weight is 248 g/mol. The molecule has 1 unspecified atom stereocenters. The molecule has 5 nitrogen and oxygen atoms in total. The van der Waals surface area contributed by atoms with E-state index in [9.17, 15) is 9.59 Å². The van der Waals surface area contributed by atoms with Crippen molar-refractivity contribution in [2.45, 2.75) is 26.3 Å². The van der Waals surface area contributed by atoms with Gasteiger partial charge in [0.1, 0.15) is 11.8 Å². The molecule has 0 aromatic heterocycles. The normalized spacial score (nSPS) is 18.7. The number of aryl methyl sites for hydroxylation is 1. The molecule has 1 atom stereocenters. The molecule has 1 saturated heterocycles. The molecule has 0 aliphatic carbocycles. The highest BCUT2D eigenvalue weighted by molar-refractivity contribution is 6.06. The van der Waals surface area contributed by atoms with Gasteiger partial charge in [-0.3, -0.25) is 14.9 Å². The van der Waals surface area contributed by atoms with E-state index in [-0.39, 0.29) is 18.2 Å². The number of amides is 2. The molecule has 1 aliphatic rings. The molecule has 2 amide bonds. The molecule has 0 radical (unpaired) electrons. The number of hydrogen-bond donors (Lipinski definition) is 2. The fourth-order valence-electron chi connectivity index (χ4n) is 1.88. The Labute approximate surface area is 106 Å². The van der Waals surface area contributed by atoms with Crippen LogP contribution < -0.4 is 15.4 Å². The summed E-state index contributed by atoms with van der Waals surface area (Å²) in [7, 11) is 0. The molecular weight excluding hydrogens is 232 g/mol. The summed E-state index contributed by atoms with van der Waals surface area (Å²) in [6.07, 6.45) is 0.165. The molecule has 2 N–H and O–H groups in total. The maximum Gasteiger partial charge on any atom is 0.249 e. The van der Waals surface area contributed by atoms with Crippen molar-refractivity contribution in [2.75, 3.05) is 11.9 Å². The fraction of sp³-hybridized carbons (Fsp3) is 0.385. The van der Waals surface area contributed by atoms with Gasteiger partial charge in [-0.1, -0.05) is 6.07 Å². The number of ether oxygens (including phenoxy) is 1. The lowest BCUT2D eigenvalue weighted by Gasteiger charge is -2.15. The van der Waals surface area contributed by atoms with E-state index in [4.69, 9.17) is 4.74 Å². The summed E-state index contributed by atoms with van der Waals surface area (Å²) in [5.41, 5.74) is 1.81. The van der Waals surface area contributed by atoms with Crippen LogP contribution >= 0.6 is 0 Å². The zero-order valence-corrected chi connectivity index (χ0v) is 10.4.